The molecule has 1 saturated heterocycles. The third-order valence-corrected chi connectivity index (χ3v) is 2.05. The lowest BCUT2D eigenvalue weighted by Crippen LogP contribution is -3.10. The molecular weight excluding hydrogens is 110 g/mol. The van der Waals surface area contributed by atoms with Crippen molar-refractivity contribution in [2.75, 3.05) is 13.6 Å². The smallest absolute Gasteiger partial charge is 0.0846 e. The van der Waals surface area contributed by atoms with Gasteiger partial charge in [0.15, 0.2) is 0 Å². The van der Waals surface area contributed by atoms with Gasteiger partial charge in [-0.05, 0) is 6.92 Å². The molecule has 0 aliphatic carbocycles. The van der Waals surface area contributed by atoms with Crippen LogP contribution in [0.4, 0.5) is 0 Å². The van der Waals surface area contributed by atoms with E-state index in [4.69, 9.17) is 0 Å². The van der Waals surface area contributed by atoms with Gasteiger partial charge in [-0.15, -0.1) is 0 Å². The van der Waals surface area contributed by atoms with Gasteiger partial charge in [-0.25, -0.2) is 0 Å². The van der Waals surface area contributed by atoms with Gasteiger partial charge in [0, 0.05) is 12.8 Å². The molecule has 1 aliphatic rings. The van der Waals surface area contributed by atoms with E-state index in [1.807, 2.05) is 13.8 Å². The van der Waals surface area contributed by atoms with E-state index in [1.54, 1.807) is 4.90 Å². The summed E-state index contributed by atoms with van der Waals surface area (Å²) in [5.74, 6) is 0. The van der Waals surface area contributed by atoms with Crippen LogP contribution in [0.25, 0.3) is 0 Å². The summed E-state index contributed by atoms with van der Waals surface area (Å²) in [6.07, 6.45) is 2.87. The van der Waals surface area contributed by atoms with E-state index in [0.29, 0.717) is 0 Å². The van der Waals surface area contributed by atoms with E-state index in [2.05, 4.69) is 14.0 Å². The number of quaternary nitrogens is 1. The topological polar surface area (TPSA) is 4.44 Å². The number of rotatable bonds is 0. The van der Waals surface area contributed by atoms with Crippen LogP contribution < -0.4 is 4.90 Å². The highest BCUT2D eigenvalue weighted by Gasteiger charge is 2.18. The maximum Gasteiger partial charge on any atom is 0.0846 e. The zero-order valence-corrected chi connectivity index (χ0v) is 7.20. The van der Waals surface area contributed by atoms with E-state index in [0.717, 1.165) is 6.04 Å². The minimum absolute atomic E-state index is 0.931. The Hall–Kier alpha value is -0.0400. The molecule has 0 bridgehead atoms. The summed E-state index contributed by atoms with van der Waals surface area (Å²) in [4.78, 5) is 1.71. The summed E-state index contributed by atoms with van der Waals surface area (Å²) in [6, 6.07) is 0.931. The van der Waals surface area contributed by atoms with Crippen LogP contribution in [0.5, 0.6) is 0 Å². The molecule has 0 aromatic rings. The molecule has 0 radical (unpaired) electrons. The first-order valence-corrected chi connectivity index (χ1v) is 4.13. The summed E-state index contributed by atoms with van der Waals surface area (Å²) in [6.45, 7) is 7.71. The summed E-state index contributed by atoms with van der Waals surface area (Å²) < 4.78 is 0. The van der Waals surface area contributed by atoms with Crippen LogP contribution in [-0.2, 0) is 0 Å². The molecule has 1 heterocycles. The maximum atomic E-state index is 2.32. The van der Waals surface area contributed by atoms with Gasteiger partial charge in [-0.1, -0.05) is 13.8 Å². The van der Waals surface area contributed by atoms with Gasteiger partial charge in [0.1, 0.15) is 0 Å². The van der Waals surface area contributed by atoms with Gasteiger partial charge in [-0.3, -0.25) is 0 Å². The fourth-order valence-electron chi connectivity index (χ4n) is 1.18. The molecule has 1 nitrogen and oxygen atoms in total. The third kappa shape index (κ3) is 2.85. The molecule has 2 unspecified atom stereocenters. The Kier molecular flexibility index (Phi) is 4.78. The monoisotopic (exact) mass is 130 g/mol. The van der Waals surface area contributed by atoms with Crippen LogP contribution in [-0.4, -0.2) is 19.6 Å². The van der Waals surface area contributed by atoms with E-state index >= 15 is 0 Å². The first-order chi connectivity index (χ1) is 4.30. The molecule has 0 aromatic carbocycles. The molecule has 0 aromatic heterocycles. The van der Waals surface area contributed by atoms with Crippen molar-refractivity contribution in [2.45, 2.75) is 39.7 Å². The maximum absolute atomic E-state index is 2.32. The van der Waals surface area contributed by atoms with Crippen molar-refractivity contribution in [3.8, 4) is 0 Å². The fourth-order valence-corrected chi connectivity index (χ4v) is 1.18. The van der Waals surface area contributed by atoms with Crippen LogP contribution in [0.2, 0.25) is 0 Å². The minimum Gasteiger partial charge on any atom is -0.335 e. The predicted octanol–water partition coefficient (Wildman–Crippen LogP) is 0.710. The van der Waals surface area contributed by atoms with Crippen LogP contribution in [0.3, 0.4) is 0 Å². The summed E-state index contributed by atoms with van der Waals surface area (Å²) in [5.41, 5.74) is 0. The molecule has 1 heteroatoms. The Bertz CT molecular complexity index is 53.6. The lowest BCUT2D eigenvalue weighted by atomic mass is 10.3. The molecular formula is C8H20N+. The first kappa shape index (κ1) is 8.96. The van der Waals surface area contributed by atoms with Crippen molar-refractivity contribution in [1.29, 1.82) is 0 Å². The average Bonchev–Trinajstić information content (AvgIpc) is 2.23. The Labute approximate surface area is 59.1 Å². The molecule has 0 spiro atoms. The predicted molar refractivity (Wildman–Crippen MR) is 41.8 cm³/mol. The molecule has 2 atom stereocenters. The Morgan fingerprint density at radius 1 is 1.33 bits per heavy atom. The van der Waals surface area contributed by atoms with Crippen LogP contribution >= 0.6 is 0 Å². The number of likely N-dealkylation sites (tertiary alicyclic amines) is 1. The van der Waals surface area contributed by atoms with Crippen molar-refractivity contribution in [2.24, 2.45) is 0 Å². The van der Waals surface area contributed by atoms with E-state index in [-0.39, 0.29) is 0 Å². The van der Waals surface area contributed by atoms with Crippen molar-refractivity contribution >= 4 is 0 Å². The lowest BCUT2D eigenvalue weighted by molar-refractivity contribution is -0.889. The quantitative estimate of drug-likeness (QED) is 0.492. The molecule has 9 heavy (non-hydrogen) atoms. The van der Waals surface area contributed by atoms with Gasteiger partial charge in [0.05, 0.1) is 19.6 Å². The van der Waals surface area contributed by atoms with Gasteiger partial charge < -0.3 is 4.90 Å². The second-order valence-corrected chi connectivity index (χ2v) is 2.64. The van der Waals surface area contributed by atoms with E-state index in [9.17, 15) is 0 Å². The van der Waals surface area contributed by atoms with Crippen LogP contribution in [0.1, 0.15) is 33.6 Å². The second kappa shape index (κ2) is 4.80. The van der Waals surface area contributed by atoms with Gasteiger partial charge in [0.2, 0.25) is 0 Å². The number of hydrogen-bond acceptors (Lipinski definition) is 0. The van der Waals surface area contributed by atoms with Crippen molar-refractivity contribution < 1.29 is 4.90 Å². The highest BCUT2D eigenvalue weighted by atomic mass is 15.1. The summed E-state index contributed by atoms with van der Waals surface area (Å²) >= 11 is 0. The first-order valence-electron chi connectivity index (χ1n) is 4.13. The molecule has 1 aliphatic heterocycles. The molecule has 56 valence electrons. The van der Waals surface area contributed by atoms with Gasteiger partial charge in [-0.2, -0.15) is 0 Å². The Morgan fingerprint density at radius 3 is 2.00 bits per heavy atom. The van der Waals surface area contributed by atoms with E-state index < -0.39 is 0 Å². The number of nitrogens with one attached hydrogen (secondary N) is 1. The highest BCUT2D eigenvalue weighted by molar-refractivity contribution is 4.53. The summed E-state index contributed by atoms with van der Waals surface area (Å²) in [5, 5.41) is 0. The molecule has 1 N–H and O–H groups in total. The van der Waals surface area contributed by atoms with Crippen molar-refractivity contribution in [3.63, 3.8) is 0 Å². The average molecular weight is 130 g/mol. The Balaban J connectivity index is 0.000000291. The Morgan fingerprint density at radius 2 is 1.89 bits per heavy atom. The van der Waals surface area contributed by atoms with Gasteiger partial charge >= 0.3 is 0 Å². The zero-order valence-electron chi connectivity index (χ0n) is 7.20. The zero-order chi connectivity index (χ0) is 7.28. The van der Waals surface area contributed by atoms with Crippen molar-refractivity contribution in [3.05, 3.63) is 0 Å². The second-order valence-electron chi connectivity index (χ2n) is 2.64. The molecule has 0 saturated carbocycles. The standard InChI is InChI=1S/C6H13N.C2H6/c1-6-4-3-5-7(6)2;1-2/h6H,3-5H2,1-2H3;1-2H3/p+1. The highest BCUT2D eigenvalue weighted by Crippen LogP contribution is 1.95. The molecule has 1 fully saturated rings. The lowest BCUT2D eigenvalue weighted by Gasteiger charge is -2.09. The van der Waals surface area contributed by atoms with Crippen molar-refractivity contribution in [1.82, 2.24) is 0 Å². The van der Waals surface area contributed by atoms with Crippen LogP contribution in [0, 0.1) is 0 Å². The molecule has 0 amide bonds. The van der Waals surface area contributed by atoms with E-state index in [1.165, 1.54) is 19.4 Å². The minimum atomic E-state index is 0.931. The third-order valence-electron chi connectivity index (χ3n) is 2.05. The molecule has 1 rings (SSSR count). The SMILES string of the molecule is CC.CC1CCC[NH+]1C. The van der Waals surface area contributed by atoms with Crippen LogP contribution in [0.15, 0.2) is 0 Å². The normalized spacial score (nSPS) is 33.3. The summed E-state index contributed by atoms with van der Waals surface area (Å²) in [7, 11) is 2.28. The number of hydrogen-bond donors (Lipinski definition) is 1. The fraction of sp³-hybridized carbons (Fsp3) is 1.00. The largest absolute Gasteiger partial charge is 0.335 e. The van der Waals surface area contributed by atoms with Gasteiger partial charge in [0.25, 0.3) is 0 Å².